The van der Waals surface area contributed by atoms with Crippen molar-refractivity contribution in [2.24, 2.45) is 0 Å². The molecule has 0 aromatic carbocycles. The van der Waals surface area contributed by atoms with Crippen LogP contribution in [0.1, 0.15) is 19.8 Å². The molecular formula is C7H10O3. The van der Waals surface area contributed by atoms with E-state index in [1.54, 1.807) is 12.2 Å². The summed E-state index contributed by atoms with van der Waals surface area (Å²) in [6.07, 6.45) is 4.16. The lowest BCUT2D eigenvalue weighted by molar-refractivity contribution is -0.148. The van der Waals surface area contributed by atoms with Crippen LogP contribution >= 0.6 is 0 Å². The molecule has 0 saturated heterocycles. The van der Waals surface area contributed by atoms with Gasteiger partial charge in [0, 0.05) is 6.42 Å². The molecule has 0 fully saturated rings. The highest BCUT2D eigenvalue weighted by Crippen LogP contribution is 1.87. The summed E-state index contributed by atoms with van der Waals surface area (Å²) in [5.41, 5.74) is 0. The van der Waals surface area contributed by atoms with Gasteiger partial charge in [-0.15, -0.1) is 0 Å². The van der Waals surface area contributed by atoms with E-state index >= 15 is 0 Å². The summed E-state index contributed by atoms with van der Waals surface area (Å²) in [6, 6.07) is 0. The molecule has 0 aliphatic rings. The van der Waals surface area contributed by atoms with Crippen molar-refractivity contribution in [1.82, 2.24) is 0 Å². The molecule has 0 atom stereocenters. The van der Waals surface area contributed by atoms with Crippen LogP contribution in [0.15, 0.2) is 12.2 Å². The molecule has 0 unspecified atom stereocenters. The van der Waals surface area contributed by atoms with Gasteiger partial charge in [-0.1, -0.05) is 19.1 Å². The maximum absolute atomic E-state index is 10.4. The van der Waals surface area contributed by atoms with E-state index in [-0.39, 0.29) is 6.42 Å². The minimum absolute atomic E-state index is 0.00315. The van der Waals surface area contributed by atoms with Crippen molar-refractivity contribution in [2.45, 2.75) is 19.8 Å². The van der Waals surface area contributed by atoms with Crippen molar-refractivity contribution >= 4 is 11.8 Å². The first-order valence-corrected chi connectivity index (χ1v) is 3.09. The average Bonchev–Trinajstić information content (AvgIpc) is 1.88. The van der Waals surface area contributed by atoms with Gasteiger partial charge in [-0.2, -0.15) is 0 Å². The van der Waals surface area contributed by atoms with Crippen LogP contribution in [-0.4, -0.2) is 16.9 Å². The molecule has 0 spiro atoms. The van der Waals surface area contributed by atoms with Gasteiger partial charge < -0.3 is 5.11 Å². The van der Waals surface area contributed by atoms with Crippen molar-refractivity contribution in [3.05, 3.63) is 12.2 Å². The van der Waals surface area contributed by atoms with E-state index < -0.39 is 11.8 Å². The second-order valence-corrected chi connectivity index (χ2v) is 1.81. The number of hydrogen-bond acceptors (Lipinski definition) is 2. The summed E-state index contributed by atoms with van der Waals surface area (Å²) in [5, 5.41) is 8.10. The molecule has 0 amide bonds. The van der Waals surface area contributed by atoms with E-state index in [4.69, 9.17) is 5.11 Å². The number of carboxylic acid groups (broad SMARTS) is 1. The zero-order chi connectivity index (χ0) is 7.98. The molecule has 0 heterocycles. The molecule has 0 aliphatic heterocycles. The van der Waals surface area contributed by atoms with Crippen LogP contribution in [0, 0.1) is 0 Å². The standard InChI is InChI=1S/C7H10O3/c1-2-3-4-5-6(8)7(9)10/h3-4H,2,5H2,1H3,(H,9,10). The molecule has 0 aliphatic carbocycles. The maximum atomic E-state index is 10.4. The lowest BCUT2D eigenvalue weighted by atomic mass is 10.2. The number of rotatable bonds is 4. The monoisotopic (exact) mass is 142 g/mol. The molecule has 0 bridgehead atoms. The van der Waals surface area contributed by atoms with E-state index in [0.29, 0.717) is 0 Å². The van der Waals surface area contributed by atoms with Gasteiger partial charge in [0.25, 0.3) is 0 Å². The summed E-state index contributed by atoms with van der Waals surface area (Å²) < 4.78 is 0. The smallest absolute Gasteiger partial charge is 0.372 e. The Balaban J connectivity index is 3.60. The van der Waals surface area contributed by atoms with Crippen molar-refractivity contribution in [1.29, 1.82) is 0 Å². The van der Waals surface area contributed by atoms with Gasteiger partial charge in [-0.25, -0.2) is 4.79 Å². The van der Waals surface area contributed by atoms with E-state index in [0.717, 1.165) is 6.42 Å². The number of Topliss-reactive ketones (excluding diaryl/α,β-unsaturated/α-hetero) is 1. The van der Waals surface area contributed by atoms with Crippen LogP contribution in [-0.2, 0) is 9.59 Å². The minimum atomic E-state index is -1.36. The van der Waals surface area contributed by atoms with Crippen LogP contribution in [0.3, 0.4) is 0 Å². The van der Waals surface area contributed by atoms with Crippen LogP contribution in [0.5, 0.6) is 0 Å². The first kappa shape index (κ1) is 8.88. The Morgan fingerprint density at radius 3 is 2.40 bits per heavy atom. The predicted octanol–water partition coefficient (Wildman–Crippen LogP) is 0.996. The predicted molar refractivity (Wildman–Crippen MR) is 36.7 cm³/mol. The molecule has 56 valence electrons. The van der Waals surface area contributed by atoms with E-state index in [1.165, 1.54) is 0 Å². The zero-order valence-corrected chi connectivity index (χ0v) is 5.83. The topological polar surface area (TPSA) is 54.4 Å². The lowest BCUT2D eigenvalue weighted by Crippen LogP contribution is -2.10. The van der Waals surface area contributed by atoms with Gasteiger partial charge in [0.15, 0.2) is 0 Å². The van der Waals surface area contributed by atoms with Crippen LogP contribution in [0.4, 0.5) is 0 Å². The highest BCUT2D eigenvalue weighted by Gasteiger charge is 2.06. The Labute approximate surface area is 59.4 Å². The molecule has 0 radical (unpaired) electrons. The quantitative estimate of drug-likeness (QED) is 0.470. The van der Waals surface area contributed by atoms with Gasteiger partial charge in [-0.05, 0) is 6.42 Å². The Morgan fingerprint density at radius 1 is 1.40 bits per heavy atom. The highest BCUT2D eigenvalue weighted by atomic mass is 16.4. The largest absolute Gasteiger partial charge is 0.475 e. The third-order valence-electron chi connectivity index (χ3n) is 0.944. The van der Waals surface area contributed by atoms with Crippen LogP contribution in [0.2, 0.25) is 0 Å². The molecule has 0 aromatic heterocycles. The second kappa shape index (κ2) is 4.73. The van der Waals surface area contributed by atoms with Crippen molar-refractivity contribution < 1.29 is 14.7 Å². The fourth-order valence-corrected chi connectivity index (χ4v) is 0.444. The summed E-state index contributed by atoms with van der Waals surface area (Å²) in [5.74, 6) is -2.12. The van der Waals surface area contributed by atoms with Crippen molar-refractivity contribution in [2.75, 3.05) is 0 Å². The Morgan fingerprint density at radius 2 is 2.00 bits per heavy atom. The lowest BCUT2D eigenvalue weighted by Gasteiger charge is -1.85. The zero-order valence-electron chi connectivity index (χ0n) is 5.83. The summed E-state index contributed by atoms with van der Waals surface area (Å²) in [4.78, 5) is 20.3. The van der Waals surface area contributed by atoms with Gasteiger partial charge in [-0.3, -0.25) is 4.79 Å². The number of hydrogen-bond donors (Lipinski definition) is 1. The minimum Gasteiger partial charge on any atom is -0.475 e. The first-order chi connectivity index (χ1) is 4.68. The first-order valence-electron chi connectivity index (χ1n) is 3.09. The van der Waals surface area contributed by atoms with Gasteiger partial charge in [0.1, 0.15) is 0 Å². The number of allylic oxidation sites excluding steroid dienone is 2. The van der Waals surface area contributed by atoms with Crippen molar-refractivity contribution in [3.63, 3.8) is 0 Å². The molecule has 0 rings (SSSR count). The van der Waals surface area contributed by atoms with E-state index in [9.17, 15) is 9.59 Å². The molecular weight excluding hydrogens is 132 g/mol. The Hall–Kier alpha value is -1.12. The average molecular weight is 142 g/mol. The number of aliphatic carboxylic acids is 1. The molecule has 3 heteroatoms. The van der Waals surface area contributed by atoms with Crippen molar-refractivity contribution in [3.8, 4) is 0 Å². The summed E-state index contributed by atoms with van der Waals surface area (Å²) in [6.45, 7) is 1.92. The number of carbonyl (C=O) groups is 2. The van der Waals surface area contributed by atoms with Gasteiger partial charge in [0.2, 0.25) is 5.78 Å². The fourth-order valence-electron chi connectivity index (χ4n) is 0.444. The van der Waals surface area contributed by atoms with Crippen LogP contribution in [0.25, 0.3) is 0 Å². The molecule has 1 N–H and O–H groups in total. The van der Waals surface area contributed by atoms with E-state index in [2.05, 4.69) is 0 Å². The molecule has 3 nitrogen and oxygen atoms in total. The highest BCUT2D eigenvalue weighted by molar-refractivity contribution is 6.33. The fraction of sp³-hybridized carbons (Fsp3) is 0.429. The van der Waals surface area contributed by atoms with E-state index in [1.807, 2.05) is 6.92 Å². The van der Waals surface area contributed by atoms with Gasteiger partial charge >= 0.3 is 5.97 Å². The summed E-state index contributed by atoms with van der Waals surface area (Å²) in [7, 11) is 0. The number of carbonyl (C=O) groups excluding carboxylic acids is 1. The Bertz CT molecular complexity index is 158. The number of carboxylic acids is 1. The normalized spacial score (nSPS) is 10.1. The third kappa shape index (κ3) is 3.83. The second-order valence-electron chi connectivity index (χ2n) is 1.81. The summed E-state index contributed by atoms with van der Waals surface area (Å²) >= 11 is 0. The van der Waals surface area contributed by atoms with Gasteiger partial charge in [0.05, 0.1) is 0 Å². The molecule has 0 saturated carbocycles. The third-order valence-corrected chi connectivity index (χ3v) is 0.944. The van der Waals surface area contributed by atoms with Crippen LogP contribution < -0.4 is 0 Å². The SMILES string of the molecule is CCC=CCC(=O)C(=O)O. The molecule has 10 heavy (non-hydrogen) atoms. The number of ketones is 1. The Kier molecular flexibility index (Phi) is 4.20. The molecule has 0 aromatic rings. The maximum Gasteiger partial charge on any atom is 0.372 e.